The number of hydrogen-bond acceptors (Lipinski definition) is 5. The Kier molecular flexibility index (Phi) is 12.5. The molecule has 0 aliphatic rings. The Balaban J connectivity index is 1.88. The van der Waals surface area contributed by atoms with E-state index in [9.17, 15) is 14.4 Å². The molecule has 2 aromatic carbocycles. The van der Waals surface area contributed by atoms with E-state index in [1.54, 1.807) is 14.1 Å². The highest BCUT2D eigenvalue weighted by atomic mass is 16.2. The lowest BCUT2D eigenvalue weighted by Gasteiger charge is -2.27. The van der Waals surface area contributed by atoms with Crippen molar-refractivity contribution < 1.29 is 14.4 Å². The van der Waals surface area contributed by atoms with Crippen LogP contribution in [0, 0.1) is 5.41 Å². The maximum absolute atomic E-state index is 13.1. The van der Waals surface area contributed by atoms with Gasteiger partial charge in [-0.2, -0.15) is 0 Å². The SMILES string of the molecule is CNC(Cc1ccccc1)C(=O)NCCCCC(NC(=O)C(Cc1ccccc1)NC)C(=O)C(C)(C)C. The fourth-order valence-corrected chi connectivity index (χ4v) is 4.22. The van der Waals surface area contributed by atoms with E-state index >= 15 is 0 Å². The molecule has 2 aromatic rings. The number of Topliss-reactive ketones (excluding diaryl/α,β-unsaturated/α-hetero) is 1. The highest BCUT2D eigenvalue weighted by molar-refractivity contribution is 5.93. The van der Waals surface area contributed by atoms with Crippen molar-refractivity contribution >= 4 is 17.6 Å². The van der Waals surface area contributed by atoms with Gasteiger partial charge in [-0.25, -0.2) is 0 Å². The van der Waals surface area contributed by atoms with Gasteiger partial charge in [0.15, 0.2) is 5.78 Å². The molecule has 202 valence electrons. The first-order valence-corrected chi connectivity index (χ1v) is 13.2. The molecular formula is C30H44N4O3. The third-order valence-corrected chi connectivity index (χ3v) is 6.49. The molecule has 7 nitrogen and oxygen atoms in total. The lowest BCUT2D eigenvalue weighted by atomic mass is 9.84. The van der Waals surface area contributed by atoms with E-state index in [0.29, 0.717) is 32.2 Å². The zero-order valence-corrected chi connectivity index (χ0v) is 23.0. The maximum Gasteiger partial charge on any atom is 0.238 e. The van der Waals surface area contributed by atoms with Gasteiger partial charge in [-0.05, 0) is 57.3 Å². The van der Waals surface area contributed by atoms with Crippen molar-refractivity contribution in [1.29, 1.82) is 0 Å². The highest BCUT2D eigenvalue weighted by Gasteiger charge is 2.32. The molecule has 2 amide bonds. The van der Waals surface area contributed by atoms with Crippen LogP contribution in [0.5, 0.6) is 0 Å². The third-order valence-electron chi connectivity index (χ3n) is 6.49. The topological polar surface area (TPSA) is 99.3 Å². The molecule has 0 heterocycles. The van der Waals surface area contributed by atoms with Crippen molar-refractivity contribution in [1.82, 2.24) is 21.3 Å². The Bertz CT molecular complexity index is 973. The number of ketones is 1. The van der Waals surface area contributed by atoms with E-state index in [0.717, 1.165) is 17.5 Å². The van der Waals surface area contributed by atoms with E-state index in [2.05, 4.69) is 21.3 Å². The van der Waals surface area contributed by atoms with Gasteiger partial charge < -0.3 is 21.3 Å². The van der Waals surface area contributed by atoms with Gasteiger partial charge in [-0.1, -0.05) is 81.4 Å². The minimum atomic E-state index is -0.571. The first-order chi connectivity index (χ1) is 17.7. The smallest absolute Gasteiger partial charge is 0.238 e. The number of nitrogens with one attached hydrogen (secondary N) is 4. The standard InChI is InChI=1S/C30H44N4O3/c1-30(2,3)27(35)24(34-29(37)26(32-5)21-23-16-10-7-11-17-23)18-12-13-19-33-28(36)25(31-4)20-22-14-8-6-9-15-22/h6-11,14-17,24-26,31-32H,12-13,18-21H2,1-5H3,(H,33,36)(H,34,37). The van der Waals surface area contributed by atoms with Crippen LogP contribution in [-0.4, -0.2) is 56.4 Å². The second-order valence-corrected chi connectivity index (χ2v) is 10.5. The van der Waals surface area contributed by atoms with Gasteiger partial charge >= 0.3 is 0 Å². The summed E-state index contributed by atoms with van der Waals surface area (Å²) in [4.78, 5) is 38.8. The molecule has 0 radical (unpaired) electrons. The van der Waals surface area contributed by atoms with Crippen molar-refractivity contribution in [3.05, 3.63) is 71.8 Å². The van der Waals surface area contributed by atoms with Gasteiger partial charge in [-0.15, -0.1) is 0 Å². The van der Waals surface area contributed by atoms with Gasteiger partial charge in [0.1, 0.15) is 0 Å². The van der Waals surface area contributed by atoms with Crippen LogP contribution in [0.4, 0.5) is 0 Å². The largest absolute Gasteiger partial charge is 0.355 e. The fourth-order valence-electron chi connectivity index (χ4n) is 4.22. The molecule has 0 saturated carbocycles. The summed E-state index contributed by atoms with van der Waals surface area (Å²) in [5.41, 5.74) is 1.58. The molecule has 37 heavy (non-hydrogen) atoms. The van der Waals surface area contributed by atoms with Crippen LogP contribution < -0.4 is 21.3 Å². The summed E-state index contributed by atoms with van der Waals surface area (Å²) in [5.74, 6) is -0.211. The van der Waals surface area contributed by atoms with E-state index in [-0.39, 0.29) is 23.6 Å². The second kappa shape index (κ2) is 15.3. The summed E-state index contributed by atoms with van der Waals surface area (Å²) in [6, 6.07) is 18.4. The maximum atomic E-state index is 13.1. The van der Waals surface area contributed by atoms with Crippen molar-refractivity contribution in [3.8, 4) is 0 Å². The van der Waals surface area contributed by atoms with Gasteiger partial charge in [0.25, 0.3) is 0 Å². The molecule has 3 atom stereocenters. The van der Waals surface area contributed by atoms with Crippen LogP contribution in [0.25, 0.3) is 0 Å². The van der Waals surface area contributed by atoms with Gasteiger partial charge in [0.2, 0.25) is 11.8 Å². The van der Waals surface area contributed by atoms with Crippen LogP contribution in [-0.2, 0) is 27.2 Å². The number of unbranched alkanes of at least 4 members (excludes halogenated alkanes) is 1. The molecule has 0 bridgehead atoms. The van der Waals surface area contributed by atoms with Crippen LogP contribution in [0.1, 0.15) is 51.2 Å². The molecule has 3 unspecified atom stereocenters. The quantitative estimate of drug-likeness (QED) is 0.277. The Morgan fingerprint density at radius 1 is 0.703 bits per heavy atom. The Hall–Kier alpha value is -3.03. The molecule has 0 spiro atoms. The number of hydrogen-bond donors (Lipinski definition) is 4. The van der Waals surface area contributed by atoms with Gasteiger partial charge in [-0.3, -0.25) is 14.4 Å². The average Bonchev–Trinajstić information content (AvgIpc) is 2.89. The summed E-state index contributed by atoms with van der Waals surface area (Å²) >= 11 is 0. The first kappa shape index (κ1) is 30.2. The summed E-state index contributed by atoms with van der Waals surface area (Å²) in [7, 11) is 3.54. The third kappa shape index (κ3) is 10.5. The predicted octanol–water partition coefficient (Wildman–Crippen LogP) is 3.03. The van der Waals surface area contributed by atoms with E-state index in [4.69, 9.17) is 0 Å². The number of benzene rings is 2. The molecule has 0 saturated heterocycles. The van der Waals surface area contributed by atoms with Crippen molar-refractivity contribution in [2.75, 3.05) is 20.6 Å². The van der Waals surface area contributed by atoms with Crippen molar-refractivity contribution in [2.24, 2.45) is 5.41 Å². The van der Waals surface area contributed by atoms with Crippen LogP contribution in [0.15, 0.2) is 60.7 Å². The number of likely N-dealkylation sites (N-methyl/N-ethyl adjacent to an activating group) is 2. The summed E-state index contributed by atoms with van der Waals surface area (Å²) in [5, 5.41) is 12.2. The fraction of sp³-hybridized carbons (Fsp3) is 0.500. The molecule has 0 aliphatic carbocycles. The van der Waals surface area contributed by atoms with E-state index in [1.165, 1.54) is 0 Å². The van der Waals surface area contributed by atoms with Crippen LogP contribution in [0.3, 0.4) is 0 Å². The van der Waals surface area contributed by atoms with Crippen LogP contribution in [0.2, 0.25) is 0 Å². The molecular weight excluding hydrogens is 464 g/mol. The monoisotopic (exact) mass is 508 g/mol. The Morgan fingerprint density at radius 3 is 1.65 bits per heavy atom. The zero-order valence-electron chi connectivity index (χ0n) is 23.0. The zero-order chi connectivity index (χ0) is 27.3. The first-order valence-electron chi connectivity index (χ1n) is 13.2. The average molecular weight is 509 g/mol. The van der Waals surface area contributed by atoms with Crippen molar-refractivity contribution in [3.63, 3.8) is 0 Å². The summed E-state index contributed by atoms with van der Waals surface area (Å²) in [6.45, 7) is 6.14. The Labute approximate surface area is 222 Å². The lowest BCUT2D eigenvalue weighted by Crippen LogP contribution is -2.52. The van der Waals surface area contributed by atoms with Crippen LogP contribution >= 0.6 is 0 Å². The van der Waals surface area contributed by atoms with E-state index < -0.39 is 17.5 Å². The molecule has 0 aliphatic heterocycles. The number of carbonyl (C=O) groups excluding carboxylic acids is 3. The van der Waals surface area contributed by atoms with E-state index in [1.807, 2.05) is 81.4 Å². The molecule has 0 aromatic heterocycles. The number of amides is 2. The van der Waals surface area contributed by atoms with Gasteiger partial charge in [0, 0.05) is 12.0 Å². The Morgan fingerprint density at radius 2 is 1.19 bits per heavy atom. The molecule has 2 rings (SSSR count). The molecule has 4 N–H and O–H groups in total. The summed E-state index contributed by atoms with van der Waals surface area (Å²) in [6.07, 6.45) is 3.11. The number of carbonyl (C=O) groups is 3. The normalized spacial score (nSPS) is 13.9. The van der Waals surface area contributed by atoms with Gasteiger partial charge in [0.05, 0.1) is 18.1 Å². The second-order valence-electron chi connectivity index (χ2n) is 10.5. The predicted molar refractivity (Wildman–Crippen MR) is 149 cm³/mol. The lowest BCUT2D eigenvalue weighted by molar-refractivity contribution is -0.133. The molecule has 7 heteroatoms. The van der Waals surface area contributed by atoms with Crippen molar-refractivity contribution in [2.45, 2.75) is 71.0 Å². The minimum Gasteiger partial charge on any atom is -0.355 e. The minimum absolute atomic E-state index is 0.0116. The summed E-state index contributed by atoms with van der Waals surface area (Å²) < 4.78 is 0. The highest BCUT2D eigenvalue weighted by Crippen LogP contribution is 2.20. The number of rotatable bonds is 15. The molecule has 0 fully saturated rings.